The molecule has 0 atom stereocenters. The van der Waals surface area contributed by atoms with Crippen LogP contribution >= 0.6 is 0 Å². The van der Waals surface area contributed by atoms with Crippen molar-refractivity contribution in [3.63, 3.8) is 0 Å². The molecule has 134 valence electrons. The molecule has 4 rings (SSSR count). The third kappa shape index (κ3) is 2.71. The van der Waals surface area contributed by atoms with Crippen LogP contribution < -0.4 is 16.6 Å². The highest BCUT2D eigenvalue weighted by molar-refractivity contribution is 5.96. The van der Waals surface area contributed by atoms with Gasteiger partial charge in [0.25, 0.3) is 11.5 Å². The Balaban J connectivity index is 1.58. The molecule has 0 bridgehead atoms. The maximum absolute atomic E-state index is 12.5. The van der Waals surface area contributed by atoms with Crippen molar-refractivity contribution in [1.82, 2.24) is 29.6 Å². The molecule has 0 unspecified atom stereocenters. The molecule has 1 aliphatic heterocycles. The number of hydrogen-bond acceptors (Lipinski definition) is 5. The van der Waals surface area contributed by atoms with Crippen LogP contribution in [0.4, 0.5) is 0 Å². The summed E-state index contributed by atoms with van der Waals surface area (Å²) in [5.74, 6) is -0.330. The minimum absolute atomic E-state index is 0.197. The van der Waals surface area contributed by atoms with E-state index in [1.54, 1.807) is 6.20 Å². The molecule has 0 radical (unpaired) electrons. The Morgan fingerprint density at radius 3 is 3.00 bits per heavy atom. The molecular formula is C17H18N6O3. The second-order valence-electron chi connectivity index (χ2n) is 6.39. The number of pyridine rings is 1. The molecule has 0 aromatic carbocycles. The van der Waals surface area contributed by atoms with Crippen LogP contribution in [0.5, 0.6) is 0 Å². The normalized spacial score (nSPS) is 13.6. The second kappa shape index (κ2) is 6.25. The van der Waals surface area contributed by atoms with Gasteiger partial charge >= 0.3 is 5.69 Å². The number of aromatic amines is 1. The standard InChI is InChI=1S/C17H18N6O3/c1-22-14-12(16(25)21-17(22)26)6-10(7-18-14)15(24)19-8-11-9-20-23-5-3-2-4-13(11)23/h6-7,9H,2-5,8H2,1H3,(H,19,24)(H,21,25,26). The van der Waals surface area contributed by atoms with Crippen LogP contribution in [0.3, 0.4) is 0 Å². The van der Waals surface area contributed by atoms with E-state index in [9.17, 15) is 14.4 Å². The maximum atomic E-state index is 12.5. The van der Waals surface area contributed by atoms with Crippen LogP contribution in [0.2, 0.25) is 0 Å². The zero-order chi connectivity index (χ0) is 18.3. The minimum Gasteiger partial charge on any atom is -0.348 e. The van der Waals surface area contributed by atoms with Crippen LogP contribution in [0.1, 0.15) is 34.5 Å². The number of rotatable bonds is 3. The molecule has 2 N–H and O–H groups in total. The molecule has 0 fully saturated rings. The molecule has 0 saturated heterocycles. The van der Waals surface area contributed by atoms with Gasteiger partial charge in [-0.3, -0.25) is 23.8 Å². The number of nitrogens with zero attached hydrogens (tertiary/aromatic N) is 4. The summed E-state index contributed by atoms with van der Waals surface area (Å²) in [5, 5.41) is 7.40. The Morgan fingerprint density at radius 2 is 2.15 bits per heavy atom. The van der Waals surface area contributed by atoms with Gasteiger partial charge in [0.05, 0.1) is 17.1 Å². The zero-order valence-corrected chi connectivity index (χ0v) is 14.3. The van der Waals surface area contributed by atoms with Crippen molar-refractivity contribution < 1.29 is 4.79 Å². The quantitative estimate of drug-likeness (QED) is 0.691. The molecule has 0 saturated carbocycles. The van der Waals surface area contributed by atoms with Crippen LogP contribution in [-0.2, 0) is 26.6 Å². The number of aryl methyl sites for hydroxylation is 2. The van der Waals surface area contributed by atoms with E-state index in [4.69, 9.17) is 0 Å². The number of fused-ring (bicyclic) bond motifs is 2. The predicted molar refractivity (Wildman–Crippen MR) is 93.9 cm³/mol. The SMILES string of the molecule is Cn1c(=O)[nH]c(=O)c2cc(C(=O)NCc3cnn4c3CCCC4)cnc21. The summed E-state index contributed by atoms with van der Waals surface area (Å²) in [6, 6.07) is 1.45. The van der Waals surface area contributed by atoms with Crippen LogP contribution in [0.15, 0.2) is 28.0 Å². The van der Waals surface area contributed by atoms with E-state index in [1.807, 2.05) is 4.68 Å². The van der Waals surface area contributed by atoms with Gasteiger partial charge in [-0.05, 0) is 25.3 Å². The van der Waals surface area contributed by atoms with Crippen molar-refractivity contribution in [2.45, 2.75) is 32.4 Å². The topological polar surface area (TPSA) is 115 Å². The fourth-order valence-corrected chi connectivity index (χ4v) is 3.27. The molecule has 4 heterocycles. The molecule has 3 aromatic rings. The Kier molecular flexibility index (Phi) is 3.90. The fraction of sp³-hybridized carbons (Fsp3) is 0.353. The summed E-state index contributed by atoms with van der Waals surface area (Å²) >= 11 is 0. The van der Waals surface area contributed by atoms with Crippen LogP contribution in [0, 0.1) is 0 Å². The lowest BCUT2D eigenvalue weighted by atomic mass is 10.1. The summed E-state index contributed by atoms with van der Waals surface area (Å²) < 4.78 is 3.22. The van der Waals surface area contributed by atoms with Gasteiger partial charge in [-0.2, -0.15) is 5.10 Å². The van der Waals surface area contributed by atoms with Crippen molar-refractivity contribution in [2.24, 2.45) is 7.05 Å². The lowest BCUT2D eigenvalue weighted by molar-refractivity contribution is 0.0950. The predicted octanol–water partition coefficient (Wildman–Crippen LogP) is 0.0846. The minimum atomic E-state index is -0.559. The van der Waals surface area contributed by atoms with Gasteiger partial charge in [0.2, 0.25) is 0 Å². The lowest BCUT2D eigenvalue weighted by Crippen LogP contribution is -2.30. The van der Waals surface area contributed by atoms with E-state index in [0.717, 1.165) is 31.4 Å². The summed E-state index contributed by atoms with van der Waals surface area (Å²) in [7, 11) is 1.51. The zero-order valence-electron chi connectivity index (χ0n) is 14.3. The van der Waals surface area contributed by atoms with Crippen molar-refractivity contribution in [2.75, 3.05) is 0 Å². The maximum Gasteiger partial charge on any atom is 0.329 e. The molecular weight excluding hydrogens is 336 g/mol. The molecule has 1 aliphatic rings. The van der Waals surface area contributed by atoms with E-state index in [-0.39, 0.29) is 22.5 Å². The van der Waals surface area contributed by atoms with Crippen LogP contribution in [-0.4, -0.2) is 30.2 Å². The van der Waals surface area contributed by atoms with Crippen molar-refractivity contribution in [3.8, 4) is 0 Å². The van der Waals surface area contributed by atoms with Gasteiger partial charge in [-0.1, -0.05) is 0 Å². The molecule has 1 amide bonds. The number of carbonyl (C=O) groups is 1. The largest absolute Gasteiger partial charge is 0.348 e. The molecule has 0 aliphatic carbocycles. The summed E-state index contributed by atoms with van der Waals surface area (Å²) in [5.41, 5.74) is 1.57. The average Bonchev–Trinajstić information content (AvgIpc) is 3.07. The van der Waals surface area contributed by atoms with Gasteiger partial charge in [-0.25, -0.2) is 9.78 Å². The number of nitrogens with one attached hydrogen (secondary N) is 2. The Labute approximate surface area is 147 Å². The smallest absolute Gasteiger partial charge is 0.329 e. The van der Waals surface area contributed by atoms with Gasteiger partial charge < -0.3 is 5.32 Å². The number of hydrogen-bond donors (Lipinski definition) is 2. The molecule has 3 aromatic heterocycles. The second-order valence-corrected chi connectivity index (χ2v) is 6.39. The third-order valence-electron chi connectivity index (χ3n) is 4.72. The highest BCUT2D eigenvalue weighted by Crippen LogP contribution is 2.18. The van der Waals surface area contributed by atoms with E-state index >= 15 is 0 Å². The van der Waals surface area contributed by atoms with Gasteiger partial charge in [0, 0.05) is 37.6 Å². The summed E-state index contributed by atoms with van der Waals surface area (Å²) in [6.45, 7) is 1.29. The number of carbonyl (C=O) groups excluding carboxylic acids is 1. The molecule has 26 heavy (non-hydrogen) atoms. The molecule has 9 heteroatoms. The summed E-state index contributed by atoms with van der Waals surface area (Å²) in [4.78, 5) is 42.3. The molecule has 9 nitrogen and oxygen atoms in total. The average molecular weight is 354 g/mol. The fourth-order valence-electron chi connectivity index (χ4n) is 3.27. The highest BCUT2D eigenvalue weighted by Gasteiger charge is 2.16. The van der Waals surface area contributed by atoms with E-state index < -0.39 is 11.2 Å². The Hall–Kier alpha value is -3.23. The monoisotopic (exact) mass is 354 g/mol. The Morgan fingerprint density at radius 1 is 1.31 bits per heavy atom. The number of amides is 1. The first-order chi connectivity index (χ1) is 12.5. The third-order valence-corrected chi connectivity index (χ3v) is 4.72. The van der Waals surface area contributed by atoms with Crippen LogP contribution in [0.25, 0.3) is 11.0 Å². The molecule has 0 spiro atoms. The van der Waals surface area contributed by atoms with E-state index in [1.165, 1.54) is 29.6 Å². The van der Waals surface area contributed by atoms with Crippen molar-refractivity contribution in [1.29, 1.82) is 0 Å². The summed E-state index contributed by atoms with van der Waals surface area (Å²) in [6.07, 6.45) is 6.37. The van der Waals surface area contributed by atoms with E-state index in [2.05, 4.69) is 20.4 Å². The van der Waals surface area contributed by atoms with Gasteiger partial charge in [0.1, 0.15) is 5.65 Å². The Bertz CT molecular complexity index is 1120. The lowest BCUT2D eigenvalue weighted by Gasteiger charge is -2.15. The van der Waals surface area contributed by atoms with Gasteiger partial charge in [0.15, 0.2) is 0 Å². The first kappa shape index (κ1) is 16.2. The number of H-pyrrole nitrogens is 1. The van der Waals surface area contributed by atoms with E-state index in [0.29, 0.717) is 6.54 Å². The highest BCUT2D eigenvalue weighted by atomic mass is 16.2. The van der Waals surface area contributed by atoms with Gasteiger partial charge in [-0.15, -0.1) is 0 Å². The first-order valence-electron chi connectivity index (χ1n) is 8.45. The first-order valence-corrected chi connectivity index (χ1v) is 8.45. The number of aromatic nitrogens is 5. The van der Waals surface area contributed by atoms with Crippen molar-refractivity contribution >= 4 is 16.9 Å². The van der Waals surface area contributed by atoms with Crippen molar-refractivity contribution in [3.05, 3.63) is 56.1 Å².